The van der Waals surface area contributed by atoms with Crippen LogP contribution >= 0.6 is 11.3 Å². The van der Waals surface area contributed by atoms with E-state index >= 15 is 0 Å². The summed E-state index contributed by atoms with van der Waals surface area (Å²) in [6.45, 7) is 3.09. The van der Waals surface area contributed by atoms with Gasteiger partial charge in [0.1, 0.15) is 23.6 Å². The summed E-state index contributed by atoms with van der Waals surface area (Å²) in [5.41, 5.74) is 2.29. The van der Waals surface area contributed by atoms with E-state index in [0.717, 1.165) is 5.69 Å². The first kappa shape index (κ1) is 21.1. The van der Waals surface area contributed by atoms with Gasteiger partial charge >= 0.3 is 0 Å². The number of hydrogen-bond acceptors (Lipinski definition) is 8. The maximum Gasteiger partial charge on any atom is 0.272 e. The molecule has 0 fully saturated rings. The summed E-state index contributed by atoms with van der Waals surface area (Å²) in [5.74, 6) is 1.57. The molecule has 3 heterocycles. The molecule has 10 heteroatoms. The second-order valence-electron chi connectivity index (χ2n) is 7.44. The Kier molecular flexibility index (Phi) is 5.29. The number of carbonyl (C=O) groups excluding carboxylic acids is 1. The van der Waals surface area contributed by atoms with Crippen LogP contribution in [0.5, 0.6) is 17.2 Å². The lowest BCUT2D eigenvalue weighted by atomic mass is 10.1. The normalized spacial score (nSPS) is 16.0. The number of anilines is 2. The smallest absolute Gasteiger partial charge is 0.272 e. The van der Waals surface area contributed by atoms with E-state index in [0.29, 0.717) is 63.4 Å². The number of fused-ring (bicyclic) bond motifs is 2. The number of benzene rings is 2. The maximum absolute atomic E-state index is 13.4. The topological polar surface area (TPSA) is 94.4 Å². The Bertz CT molecular complexity index is 1440. The number of methoxy groups -OCH3 is 2. The predicted molar refractivity (Wildman–Crippen MR) is 125 cm³/mol. The van der Waals surface area contributed by atoms with Crippen LogP contribution in [0.4, 0.5) is 11.4 Å². The molecule has 2 aliphatic rings. The van der Waals surface area contributed by atoms with Gasteiger partial charge in [0.05, 0.1) is 26.4 Å². The van der Waals surface area contributed by atoms with Gasteiger partial charge in [0.25, 0.3) is 11.5 Å². The van der Waals surface area contributed by atoms with Gasteiger partial charge in [-0.1, -0.05) is 11.3 Å². The molecule has 0 aliphatic carbocycles. The molecule has 0 spiro atoms. The van der Waals surface area contributed by atoms with Gasteiger partial charge in [-0.05, 0) is 37.3 Å². The highest BCUT2D eigenvalue weighted by atomic mass is 32.1. The third-order valence-corrected chi connectivity index (χ3v) is 6.67. The van der Waals surface area contributed by atoms with Gasteiger partial charge in [-0.25, -0.2) is 4.99 Å². The number of aromatic nitrogens is 1. The lowest BCUT2D eigenvalue weighted by Gasteiger charge is -2.26. The molecule has 170 valence electrons. The van der Waals surface area contributed by atoms with Crippen molar-refractivity contribution in [2.24, 2.45) is 4.99 Å². The molecular weight excluding hydrogens is 444 g/mol. The minimum Gasteiger partial charge on any atom is -0.494 e. The molecule has 2 aromatic carbocycles. The van der Waals surface area contributed by atoms with Crippen molar-refractivity contribution in [3.8, 4) is 17.2 Å². The van der Waals surface area contributed by atoms with Crippen molar-refractivity contribution in [3.05, 3.63) is 61.6 Å². The van der Waals surface area contributed by atoms with Gasteiger partial charge in [-0.15, -0.1) is 0 Å². The van der Waals surface area contributed by atoms with Crippen LogP contribution in [0.25, 0.3) is 5.57 Å². The molecule has 0 unspecified atom stereocenters. The van der Waals surface area contributed by atoms with Crippen molar-refractivity contribution in [2.75, 3.05) is 37.7 Å². The fourth-order valence-corrected chi connectivity index (χ4v) is 5.03. The molecule has 2 aliphatic heterocycles. The molecule has 1 aromatic heterocycles. The Balaban J connectivity index is 1.58. The van der Waals surface area contributed by atoms with Crippen LogP contribution in [-0.4, -0.2) is 38.0 Å². The summed E-state index contributed by atoms with van der Waals surface area (Å²) in [7, 11) is 3.16. The highest BCUT2D eigenvalue weighted by molar-refractivity contribution is 7.07. The summed E-state index contributed by atoms with van der Waals surface area (Å²) in [6.07, 6.45) is 0. The monoisotopic (exact) mass is 466 g/mol. The number of rotatable bonds is 5. The van der Waals surface area contributed by atoms with Crippen molar-refractivity contribution in [1.29, 1.82) is 0 Å². The van der Waals surface area contributed by atoms with E-state index in [9.17, 15) is 9.59 Å². The molecule has 5 rings (SSSR count). The number of nitrogens with one attached hydrogen (secondary N) is 1. The first-order chi connectivity index (χ1) is 16.0. The van der Waals surface area contributed by atoms with E-state index in [4.69, 9.17) is 14.2 Å². The standard InChI is InChI=1S/C23H22N4O5S/c1-4-32-14-6-7-16-15(10-14)19(21(28)25-16)20-22(29)27-12-26(11-24-23(27)33-20)13-5-8-17(30-2)18(9-13)31-3/h5-10H,4,11-12H2,1-3H3,(H,25,28). The van der Waals surface area contributed by atoms with Crippen molar-refractivity contribution in [1.82, 2.24) is 4.57 Å². The van der Waals surface area contributed by atoms with Crippen LogP contribution in [-0.2, 0) is 11.5 Å². The lowest BCUT2D eigenvalue weighted by Crippen LogP contribution is -2.43. The summed E-state index contributed by atoms with van der Waals surface area (Å²) < 4.78 is 18.2. The highest BCUT2D eigenvalue weighted by Gasteiger charge is 2.28. The summed E-state index contributed by atoms with van der Waals surface area (Å²) in [6, 6.07) is 10.9. The van der Waals surface area contributed by atoms with Gasteiger partial charge in [0.2, 0.25) is 0 Å². The van der Waals surface area contributed by atoms with Crippen LogP contribution in [0.15, 0.2) is 46.2 Å². The zero-order chi connectivity index (χ0) is 23.1. The average molecular weight is 467 g/mol. The number of carbonyl (C=O) groups is 1. The minimum atomic E-state index is -0.299. The number of amides is 1. The number of ether oxygens (including phenoxy) is 3. The van der Waals surface area contributed by atoms with Crippen molar-refractivity contribution in [3.63, 3.8) is 0 Å². The second kappa shape index (κ2) is 8.28. The third kappa shape index (κ3) is 3.52. The Morgan fingerprint density at radius 1 is 1.09 bits per heavy atom. The van der Waals surface area contributed by atoms with Crippen LogP contribution in [0, 0.1) is 0 Å². The van der Waals surface area contributed by atoms with Crippen LogP contribution in [0.3, 0.4) is 0 Å². The Morgan fingerprint density at radius 3 is 2.67 bits per heavy atom. The van der Waals surface area contributed by atoms with E-state index in [2.05, 4.69) is 10.3 Å². The lowest BCUT2D eigenvalue weighted by molar-refractivity contribution is -0.110. The van der Waals surface area contributed by atoms with Gasteiger partial charge in [-0.2, -0.15) is 0 Å². The molecule has 1 N–H and O–H groups in total. The van der Waals surface area contributed by atoms with E-state index in [-0.39, 0.29) is 11.5 Å². The number of hydrogen-bond donors (Lipinski definition) is 1. The third-order valence-electron chi connectivity index (χ3n) is 5.56. The average Bonchev–Trinajstić information content (AvgIpc) is 3.33. The largest absolute Gasteiger partial charge is 0.494 e. The molecule has 0 saturated heterocycles. The first-order valence-electron chi connectivity index (χ1n) is 10.4. The summed E-state index contributed by atoms with van der Waals surface area (Å²) in [5, 5.41) is 2.84. The molecule has 0 saturated carbocycles. The Hall–Kier alpha value is -3.79. The molecule has 9 nitrogen and oxygen atoms in total. The van der Waals surface area contributed by atoms with E-state index in [1.54, 1.807) is 37.0 Å². The minimum absolute atomic E-state index is 0.247. The summed E-state index contributed by atoms with van der Waals surface area (Å²) in [4.78, 5) is 33.3. The van der Waals surface area contributed by atoms with Gasteiger partial charge in [-0.3, -0.25) is 14.2 Å². The van der Waals surface area contributed by atoms with Crippen molar-refractivity contribution < 1.29 is 19.0 Å². The Morgan fingerprint density at radius 2 is 1.91 bits per heavy atom. The molecule has 0 bridgehead atoms. The molecular formula is C23H22N4O5S. The van der Waals surface area contributed by atoms with E-state index in [1.165, 1.54) is 11.3 Å². The highest BCUT2D eigenvalue weighted by Crippen LogP contribution is 2.34. The van der Waals surface area contributed by atoms with E-state index in [1.807, 2.05) is 30.0 Å². The van der Waals surface area contributed by atoms with Gasteiger partial charge in [0.15, 0.2) is 16.3 Å². The Labute approximate surface area is 193 Å². The predicted octanol–water partition coefficient (Wildman–Crippen LogP) is 1.53. The van der Waals surface area contributed by atoms with Crippen LogP contribution in [0.1, 0.15) is 12.5 Å². The molecule has 1 amide bonds. The quantitative estimate of drug-likeness (QED) is 0.613. The van der Waals surface area contributed by atoms with Crippen molar-refractivity contribution >= 4 is 34.2 Å². The zero-order valence-corrected chi connectivity index (χ0v) is 19.2. The molecule has 0 radical (unpaired) electrons. The number of nitrogens with zero attached hydrogens (tertiary/aromatic N) is 3. The van der Waals surface area contributed by atoms with Crippen molar-refractivity contribution in [2.45, 2.75) is 13.6 Å². The maximum atomic E-state index is 13.4. The zero-order valence-electron chi connectivity index (χ0n) is 18.4. The fraction of sp³-hybridized carbons (Fsp3) is 0.261. The van der Waals surface area contributed by atoms with E-state index < -0.39 is 0 Å². The van der Waals surface area contributed by atoms with Gasteiger partial charge < -0.3 is 24.4 Å². The van der Waals surface area contributed by atoms with Gasteiger partial charge in [0, 0.05) is 23.0 Å². The first-order valence-corrected chi connectivity index (χ1v) is 11.2. The molecule has 0 atom stereocenters. The molecule has 33 heavy (non-hydrogen) atoms. The summed E-state index contributed by atoms with van der Waals surface area (Å²) >= 11 is 1.23. The fourth-order valence-electron chi connectivity index (χ4n) is 3.97. The van der Waals surface area contributed by atoms with Crippen LogP contribution < -0.4 is 39.3 Å². The molecule has 3 aromatic rings. The second-order valence-corrected chi connectivity index (χ2v) is 8.41. The van der Waals surface area contributed by atoms with Crippen LogP contribution in [0.2, 0.25) is 0 Å². The number of thiazole rings is 1. The SMILES string of the molecule is CCOc1ccc2c(c1)C(=c1sc3n(c1=O)CN(c1ccc(OC)c(OC)c1)CN=3)C(=O)N2.